The molecule has 0 aliphatic rings. The Morgan fingerprint density at radius 3 is 2.31 bits per heavy atom. The van der Waals surface area contributed by atoms with Crippen molar-refractivity contribution in [3.05, 3.63) is 69.7 Å². The van der Waals surface area contributed by atoms with Crippen LogP contribution in [0.3, 0.4) is 0 Å². The van der Waals surface area contributed by atoms with Crippen LogP contribution in [0, 0.1) is 13.8 Å². The number of carbonyl (C=O) groups is 1. The van der Waals surface area contributed by atoms with Gasteiger partial charge in [0.05, 0.1) is 17.9 Å². The molecule has 0 amide bonds. The molecule has 3 aromatic rings. The number of hydrogen-bond donors (Lipinski definition) is 0. The SMILES string of the molecule is CCOC(=O)C(C)(C)Oc1ccc(CN(C)Cc2sc(-c3ccc(C(F)(F)F)cc3)nc2C)cc1C. The van der Waals surface area contributed by atoms with E-state index in [-0.39, 0.29) is 0 Å². The largest absolute Gasteiger partial charge is 0.476 e. The topological polar surface area (TPSA) is 51.7 Å². The van der Waals surface area contributed by atoms with Gasteiger partial charge in [-0.3, -0.25) is 4.90 Å². The molecule has 0 fully saturated rings. The fraction of sp³-hybridized carbons (Fsp3) is 0.407. The molecule has 0 atom stereocenters. The molecule has 0 bridgehead atoms. The molecular formula is C27H31F3N2O3S. The number of alkyl halides is 3. The zero-order valence-electron chi connectivity index (χ0n) is 21.3. The van der Waals surface area contributed by atoms with Gasteiger partial charge in [0.1, 0.15) is 10.8 Å². The lowest BCUT2D eigenvalue weighted by atomic mass is 10.1. The van der Waals surface area contributed by atoms with Crippen LogP contribution in [0.1, 0.15) is 48.0 Å². The zero-order chi connectivity index (χ0) is 26.7. The third kappa shape index (κ3) is 6.85. The third-order valence-corrected chi connectivity index (χ3v) is 6.78. The number of nitrogens with zero attached hydrogens (tertiary/aromatic N) is 2. The van der Waals surface area contributed by atoms with E-state index in [4.69, 9.17) is 9.47 Å². The van der Waals surface area contributed by atoms with Gasteiger partial charge in [0.2, 0.25) is 0 Å². The van der Waals surface area contributed by atoms with Crippen molar-refractivity contribution in [1.82, 2.24) is 9.88 Å². The average molecular weight is 521 g/mol. The Morgan fingerprint density at radius 1 is 1.06 bits per heavy atom. The first-order chi connectivity index (χ1) is 16.8. The first kappa shape index (κ1) is 27.7. The Hall–Kier alpha value is -2.91. The van der Waals surface area contributed by atoms with Crippen LogP contribution in [0.5, 0.6) is 5.75 Å². The zero-order valence-corrected chi connectivity index (χ0v) is 22.1. The molecule has 0 radical (unpaired) electrons. The van der Waals surface area contributed by atoms with E-state index in [0.29, 0.717) is 36.0 Å². The minimum absolute atomic E-state index is 0.293. The van der Waals surface area contributed by atoms with Gasteiger partial charge in [-0.1, -0.05) is 24.3 Å². The standard InChI is InChI=1S/C27H31F3N2O3S/c1-7-34-25(33)26(4,5)35-22-13-8-19(14-17(22)2)15-32(6)16-23-18(3)31-24(36-23)20-9-11-21(12-10-20)27(28,29)30/h8-14H,7,15-16H2,1-6H3. The van der Waals surface area contributed by atoms with Gasteiger partial charge in [-0.2, -0.15) is 13.2 Å². The molecule has 0 saturated heterocycles. The van der Waals surface area contributed by atoms with E-state index in [1.165, 1.54) is 23.5 Å². The van der Waals surface area contributed by atoms with E-state index in [9.17, 15) is 18.0 Å². The molecule has 2 aromatic carbocycles. The minimum Gasteiger partial charge on any atom is -0.476 e. The summed E-state index contributed by atoms with van der Waals surface area (Å²) in [7, 11) is 2.00. The van der Waals surface area contributed by atoms with Crippen molar-refractivity contribution in [2.24, 2.45) is 0 Å². The van der Waals surface area contributed by atoms with Gasteiger partial charge in [-0.15, -0.1) is 11.3 Å². The van der Waals surface area contributed by atoms with E-state index in [1.54, 1.807) is 20.8 Å². The molecule has 36 heavy (non-hydrogen) atoms. The van der Waals surface area contributed by atoms with E-state index in [2.05, 4.69) is 9.88 Å². The van der Waals surface area contributed by atoms with Gasteiger partial charge in [0.15, 0.2) is 5.60 Å². The van der Waals surface area contributed by atoms with E-state index < -0.39 is 23.3 Å². The molecule has 0 spiro atoms. The molecule has 5 nitrogen and oxygen atoms in total. The van der Waals surface area contributed by atoms with Crippen molar-refractivity contribution in [3.63, 3.8) is 0 Å². The predicted octanol–water partition coefficient (Wildman–Crippen LogP) is 6.80. The molecule has 0 N–H and O–H groups in total. The van der Waals surface area contributed by atoms with E-state index in [1.807, 2.05) is 39.1 Å². The molecule has 1 aromatic heterocycles. The summed E-state index contributed by atoms with van der Waals surface area (Å²) >= 11 is 1.49. The van der Waals surface area contributed by atoms with Crippen LogP contribution in [0.4, 0.5) is 13.2 Å². The minimum atomic E-state index is -4.36. The van der Waals surface area contributed by atoms with Crippen LogP contribution in [-0.2, 0) is 28.8 Å². The molecule has 0 unspecified atom stereocenters. The number of carbonyl (C=O) groups excluding carboxylic acids is 1. The summed E-state index contributed by atoms with van der Waals surface area (Å²) in [5.74, 6) is 0.211. The summed E-state index contributed by atoms with van der Waals surface area (Å²) in [5, 5.41) is 0.700. The molecule has 0 aliphatic carbocycles. The Labute approximate surface area is 213 Å². The van der Waals surface area contributed by atoms with Gasteiger partial charge >= 0.3 is 12.1 Å². The Balaban J connectivity index is 1.66. The maximum absolute atomic E-state index is 12.8. The number of esters is 1. The summed E-state index contributed by atoms with van der Waals surface area (Å²) in [5.41, 5.74) is 1.77. The lowest BCUT2D eigenvalue weighted by molar-refractivity contribution is -0.158. The second-order valence-electron chi connectivity index (χ2n) is 9.21. The number of rotatable bonds is 9. The molecule has 9 heteroatoms. The monoisotopic (exact) mass is 520 g/mol. The Kier molecular flexibility index (Phi) is 8.46. The molecule has 0 aliphatic heterocycles. The summed E-state index contributed by atoms with van der Waals surface area (Å²) < 4.78 is 49.6. The molecule has 0 saturated carbocycles. The van der Waals surface area contributed by atoms with E-state index >= 15 is 0 Å². The summed E-state index contributed by atoms with van der Waals surface area (Å²) in [6.07, 6.45) is -4.36. The number of benzene rings is 2. The molecule has 194 valence electrons. The van der Waals surface area contributed by atoms with Gasteiger partial charge < -0.3 is 9.47 Å². The highest BCUT2D eigenvalue weighted by Gasteiger charge is 2.32. The maximum atomic E-state index is 12.8. The lowest BCUT2D eigenvalue weighted by Crippen LogP contribution is -2.39. The number of aryl methyl sites for hydroxylation is 2. The number of thiazole rings is 1. The quantitative estimate of drug-likeness (QED) is 0.291. The molecule has 1 heterocycles. The second-order valence-corrected chi connectivity index (χ2v) is 10.3. The number of aromatic nitrogens is 1. The first-order valence-electron chi connectivity index (χ1n) is 11.6. The van der Waals surface area contributed by atoms with Crippen molar-refractivity contribution < 1.29 is 27.4 Å². The first-order valence-corrected chi connectivity index (χ1v) is 12.4. The number of hydrogen-bond acceptors (Lipinski definition) is 6. The highest BCUT2D eigenvalue weighted by atomic mass is 32.1. The highest BCUT2D eigenvalue weighted by molar-refractivity contribution is 7.15. The fourth-order valence-electron chi connectivity index (χ4n) is 3.66. The van der Waals surface area contributed by atoms with Crippen molar-refractivity contribution in [2.75, 3.05) is 13.7 Å². The van der Waals surface area contributed by atoms with E-state index in [0.717, 1.165) is 33.8 Å². The predicted molar refractivity (Wildman–Crippen MR) is 135 cm³/mol. The van der Waals surface area contributed by atoms with Crippen molar-refractivity contribution in [1.29, 1.82) is 0 Å². The van der Waals surface area contributed by atoms with Crippen molar-refractivity contribution >= 4 is 17.3 Å². The fourth-order valence-corrected chi connectivity index (χ4v) is 4.81. The summed E-state index contributed by atoms with van der Waals surface area (Å²) in [4.78, 5) is 19.9. The summed E-state index contributed by atoms with van der Waals surface area (Å²) in [6.45, 7) is 10.6. The molecular weight excluding hydrogens is 489 g/mol. The summed E-state index contributed by atoms with van der Waals surface area (Å²) in [6, 6.07) is 10.9. The lowest BCUT2D eigenvalue weighted by Gasteiger charge is -2.25. The maximum Gasteiger partial charge on any atom is 0.416 e. The second kappa shape index (κ2) is 11.0. The van der Waals surface area contributed by atoms with Crippen LogP contribution >= 0.6 is 11.3 Å². The highest BCUT2D eigenvalue weighted by Crippen LogP contribution is 2.33. The normalized spacial score (nSPS) is 12.2. The van der Waals surface area contributed by atoms with Crippen molar-refractivity contribution in [2.45, 2.75) is 59.5 Å². The van der Waals surface area contributed by atoms with Gasteiger partial charge in [-0.25, -0.2) is 9.78 Å². The van der Waals surface area contributed by atoms with Gasteiger partial charge in [0, 0.05) is 23.5 Å². The van der Waals surface area contributed by atoms with Crippen molar-refractivity contribution in [3.8, 4) is 16.3 Å². The Morgan fingerprint density at radius 2 is 1.72 bits per heavy atom. The third-order valence-electron chi connectivity index (χ3n) is 5.59. The van der Waals surface area contributed by atoms with Crippen LogP contribution in [-0.4, -0.2) is 35.1 Å². The van der Waals surface area contributed by atoms with Crippen LogP contribution in [0.25, 0.3) is 10.6 Å². The number of ether oxygens (including phenoxy) is 2. The molecule has 3 rings (SSSR count). The van der Waals surface area contributed by atoms with Gasteiger partial charge in [-0.05, 0) is 71.0 Å². The van der Waals surface area contributed by atoms with Crippen LogP contribution < -0.4 is 4.74 Å². The van der Waals surface area contributed by atoms with Crippen LogP contribution in [0.2, 0.25) is 0 Å². The average Bonchev–Trinajstić information content (AvgIpc) is 3.15. The smallest absolute Gasteiger partial charge is 0.416 e. The van der Waals surface area contributed by atoms with Crippen LogP contribution in [0.15, 0.2) is 42.5 Å². The van der Waals surface area contributed by atoms with Gasteiger partial charge in [0.25, 0.3) is 0 Å². The number of halogens is 3. The Bertz CT molecular complexity index is 1200.